The smallest absolute Gasteiger partial charge is 0.208 e. The molecule has 0 aromatic heterocycles. The molecule has 0 fully saturated rings. The molecule has 0 rings (SSSR count). The summed E-state index contributed by atoms with van der Waals surface area (Å²) in [5.41, 5.74) is -0.00271. The maximum Gasteiger partial charge on any atom is 0.208 e. The highest BCUT2D eigenvalue weighted by Gasteiger charge is 2.18. The van der Waals surface area contributed by atoms with Crippen LogP contribution in [0.2, 0.25) is 0 Å². The van der Waals surface area contributed by atoms with Crippen LogP contribution in [-0.4, -0.2) is 21.2 Å². The minimum Gasteiger partial charge on any atom is -0.215 e. The summed E-state index contributed by atoms with van der Waals surface area (Å²) < 4.78 is 24.1. The molecule has 4 heteroatoms. The molecule has 0 bridgehead atoms. The van der Waals surface area contributed by atoms with Gasteiger partial charge in [-0.15, -0.1) is 6.58 Å². The van der Waals surface area contributed by atoms with Crippen molar-refractivity contribution in [3.8, 4) is 0 Å². The highest BCUT2D eigenvalue weighted by molar-refractivity contribution is 7.88. The topological polar surface area (TPSA) is 46.2 Å². The Hall–Kier alpha value is -0.350. The Morgan fingerprint density at radius 1 is 1.46 bits per heavy atom. The third kappa shape index (κ3) is 7.99. The van der Waals surface area contributed by atoms with Gasteiger partial charge in [0, 0.05) is 6.54 Å². The lowest BCUT2D eigenvalue weighted by Gasteiger charge is -2.23. The molecular formula is C9H19NO2S. The van der Waals surface area contributed by atoms with Gasteiger partial charge in [-0.05, 0) is 18.3 Å². The maximum atomic E-state index is 10.8. The lowest BCUT2D eigenvalue weighted by molar-refractivity contribution is 0.337. The van der Waals surface area contributed by atoms with Crippen molar-refractivity contribution in [2.24, 2.45) is 5.41 Å². The van der Waals surface area contributed by atoms with Crippen molar-refractivity contribution in [2.75, 3.05) is 12.8 Å². The molecule has 1 N–H and O–H groups in total. The van der Waals surface area contributed by atoms with Crippen molar-refractivity contribution in [3.63, 3.8) is 0 Å². The van der Waals surface area contributed by atoms with Crippen LogP contribution >= 0.6 is 0 Å². The summed E-state index contributed by atoms with van der Waals surface area (Å²) in [6, 6.07) is 0. The second-order valence-corrected chi connectivity index (χ2v) is 5.92. The molecule has 0 saturated heterocycles. The Morgan fingerprint density at radius 3 is 2.38 bits per heavy atom. The number of hydrogen-bond acceptors (Lipinski definition) is 2. The van der Waals surface area contributed by atoms with Crippen LogP contribution in [0.3, 0.4) is 0 Å². The van der Waals surface area contributed by atoms with Crippen LogP contribution in [0.15, 0.2) is 12.7 Å². The molecule has 3 nitrogen and oxygen atoms in total. The predicted octanol–water partition coefficient (Wildman–Crippen LogP) is 1.53. The summed E-state index contributed by atoms with van der Waals surface area (Å²) in [7, 11) is -3.06. The van der Waals surface area contributed by atoms with Gasteiger partial charge in [-0.25, -0.2) is 13.1 Å². The van der Waals surface area contributed by atoms with Gasteiger partial charge in [-0.1, -0.05) is 19.9 Å². The van der Waals surface area contributed by atoms with Gasteiger partial charge < -0.3 is 0 Å². The fraction of sp³-hybridized carbons (Fsp3) is 0.778. The highest BCUT2D eigenvalue weighted by Crippen LogP contribution is 2.21. The SMILES string of the molecule is C=CCCC(C)(C)CNS(C)(=O)=O. The molecule has 0 unspecified atom stereocenters. The third-order valence-corrected chi connectivity index (χ3v) is 2.51. The van der Waals surface area contributed by atoms with E-state index in [0.717, 1.165) is 12.8 Å². The van der Waals surface area contributed by atoms with E-state index in [1.165, 1.54) is 6.26 Å². The maximum absolute atomic E-state index is 10.8. The number of nitrogens with one attached hydrogen (secondary N) is 1. The summed E-state index contributed by atoms with van der Waals surface area (Å²) in [5.74, 6) is 0. The van der Waals surface area contributed by atoms with Gasteiger partial charge >= 0.3 is 0 Å². The summed E-state index contributed by atoms with van der Waals surface area (Å²) in [5, 5.41) is 0. The molecule has 78 valence electrons. The first kappa shape index (κ1) is 12.7. The third-order valence-electron chi connectivity index (χ3n) is 1.84. The van der Waals surface area contributed by atoms with Crippen LogP contribution in [0.4, 0.5) is 0 Å². The Bertz CT molecular complexity index is 255. The molecular weight excluding hydrogens is 186 g/mol. The molecule has 0 aromatic rings. The van der Waals surface area contributed by atoms with E-state index in [2.05, 4.69) is 11.3 Å². The Morgan fingerprint density at radius 2 is 2.00 bits per heavy atom. The Kier molecular flexibility index (Phi) is 4.64. The summed E-state index contributed by atoms with van der Waals surface area (Å²) in [6.45, 7) is 8.19. The molecule has 0 spiro atoms. The van der Waals surface area contributed by atoms with Gasteiger partial charge in [0.25, 0.3) is 0 Å². The van der Waals surface area contributed by atoms with Crippen molar-refractivity contribution in [1.29, 1.82) is 0 Å². The quantitative estimate of drug-likeness (QED) is 0.668. The zero-order chi connectivity index (χ0) is 10.5. The predicted molar refractivity (Wildman–Crippen MR) is 56.1 cm³/mol. The summed E-state index contributed by atoms with van der Waals surface area (Å²) in [4.78, 5) is 0. The van der Waals surface area contributed by atoms with Crippen LogP contribution in [-0.2, 0) is 10.0 Å². The van der Waals surface area contributed by atoms with E-state index in [9.17, 15) is 8.42 Å². The van der Waals surface area contributed by atoms with E-state index < -0.39 is 10.0 Å². The first-order chi connectivity index (χ1) is 5.77. The zero-order valence-electron chi connectivity index (χ0n) is 8.63. The van der Waals surface area contributed by atoms with Crippen molar-refractivity contribution >= 4 is 10.0 Å². The average Bonchev–Trinajstić information content (AvgIpc) is 1.97. The summed E-state index contributed by atoms with van der Waals surface area (Å²) >= 11 is 0. The highest BCUT2D eigenvalue weighted by atomic mass is 32.2. The molecule has 0 saturated carbocycles. The van der Waals surface area contributed by atoms with Gasteiger partial charge in [-0.2, -0.15) is 0 Å². The largest absolute Gasteiger partial charge is 0.215 e. The van der Waals surface area contributed by atoms with Crippen molar-refractivity contribution in [3.05, 3.63) is 12.7 Å². The summed E-state index contributed by atoms with van der Waals surface area (Å²) in [6.07, 6.45) is 4.89. The monoisotopic (exact) mass is 205 g/mol. The van der Waals surface area contributed by atoms with Crippen LogP contribution in [0.5, 0.6) is 0 Å². The van der Waals surface area contributed by atoms with E-state index in [4.69, 9.17) is 0 Å². The van der Waals surface area contributed by atoms with Gasteiger partial charge in [0.15, 0.2) is 0 Å². The number of sulfonamides is 1. The molecule has 0 radical (unpaired) electrons. The number of hydrogen-bond donors (Lipinski definition) is 1. The minimum atomic E-state index is -3.06. The molecule has 0 heterocycles. The fourth-order valence-corrected chi connectivity index (χ4v) is 1.56. The molecule has 0 aliphatic carbocycles. The molecule has 13 heavy (non-hydrogen) atoms. The Labute approximate surface area is 81.3 Å². The average molecular weight is 205 g/mol. The first-order valence-corrected chi connectivity index (χ1v) is 6.21. The van der Waals surface area contributed by atoms with Crippen molar-refractivity contribution in [2.45, 2.75) is 26.7 Å². The first-order valence-electron chi connectivity index (χ1n) is 4.32. The lowest BCUT2D eigenvalue weighted by atomic mass is 9.88. The second-order valence-electron chi connectivity index (χ2n) is 4.08. The molecule has 0 amide bonds. The Balaban J connectivity index is 3.95. The molecule has 0 aliphatic heterocycles. The molecule has 0 atom stereocenters. The lowest BCUT2D eigenvalue weighted by Crippen LogP contribution is -2.33. The van der Waals surface area contributed by atoms with Gasteiger partial charge in [0.1, 0.15) is 0 Å². The van der Waals surface area contributed by atoms with E-state index in [1.54, 1.807) is 0 Å². The van der Waals surface area contributed by atoms with Crippen molar-refractivity contribution < 1.29 is 8.42 Å². The van der Waals surface area contributed by atoms with Gasteiger partial charge in [0.2, 0.25) is 10.0 Å². The van der Waals surface area contributed by atoms with Crippen LogP contribution in [0.1, 0.15) is 26.7 Å². The number of allylic oxidation sites excluding steroid dienone is 1. The van der Waals surface area contributed by atoms with Crippen molar-refractivity contribution in [1.82, 2.24) is 4.72 Å². The second kappa shape index (κ2) is 4.77. The van der Waals surface area contributed by atoms with E-state index in [1.807, 2.05) is 19.9 Å². The van der Waals surface area contributed by atoms with Crippen LogP contribution < -0.4 is 4.72 Å². The standard InChI is InChI=1S/C9H19NO2S/c1-5-6-7-9(2,3)8-10-13(4,11)12/h5,10H,1,6-8H2,2-4H3. The molecule has 0 aliphatic rings. The molecule has 0 aromatic carbocycles. The van der Waals surface area contributed by atoms with Crippen LogP contribution in [0, 0.1) is 5.41 Å². The number of rotatable bonds is 6. The van der Waals surface area contributed by atoms with E-state index in [0.29, 0.717) is 6.54 Å². The van der Waals surface area contributed by atoms with E-state index >= 15 is 0 Å². The van der Waals surface area contributed by atoms with Crippen LogP contribution in [0.25, 0.3) is 0 Å². The van der Waals surface area contributed by atoms with Gasteiger partial charge in [0.05, 0.1) is 6.26 Å². The van der Waals surface area contributed by atoms with Gasteiger partial charge in [-0.3, -0.25) is 0 Å². The fourth-order valence-electron chi connectivity index (χ4n) is 0.908. The van der Waals surface area contributed by atoms with E-state index in [-0.39, 0.29) is 5.41 Å². The zero-order valence-corrected chi connectivity index (χ0v) is 9.45. The minimum absolute atomic E-state index is 0.00271. The normalized spacial score (nSPS) is 12.8.